The lowest BCUT2D eigenvalue weighted by Gasteiger charge is -2.27. The highest BCUT2D eigenvalue weighted by molar-refractivity contribution is 6.00. The number of cyclic esters (lactones) is 2. The van der Waals surface area contributed by atoms with Gasteiger partial charge in [0, 0.05) is 0 Å². The largest absolute Gasteiger partial charge is 0.392 e. The van der Waals surface area contributed by atoms with Crippen LogP contribution in [0.2, 0.25) is 0 Å². The van der Waals surface area contributed by atoms with Crippen molar-refractivity contribution in [2.24, 2.45) is 17.3 Å². The molecule has 1 aliphatic heterocycles. The highest BCUT2D eigenvalue weighted by Gasteiger charge is 2.54. The summed E-state index contributed by atoms with van der Waals surface area (Å²) in [5, 5.41) is 0. The standard InChI is InChI=1S/C10H12O3/c1-6-3-4-10(2)7(5-6)8(11)13-9(10)12/h3-4,6-7H,5H2,1-2H3. The van der Waals surface area contributed by atoms with Crippen molar-refractivity contribution in [3.63, 3.8) is 0 Å². The third-order valence-corrected chi connectivity index (χ3v) is 3.02. The molecule has 0 aromatic rings. The maximum absolute atomic E-state index is 11.4. The Morgan fingerprint density at radius 2 is 2.23 bits per heavy atom. The summed E-state index contributed by atoms with van der Waals surface area (Å²) < 4.78 is 4.63. The number of hydrogen-bond acceptors (Lipinski definition) is 3. The van der Waals surface area contributed by atoms with E-state index in [2.05, 4.69) is 4.74 Å². The third-order valence-electron chi connectivity index (χ3n) is 3.02. The minimum absolute atomic E-state index is 0.264. The zero-order chi connectivity index (χ0) is 9.64. The molecule has 0 spiro atoms. The molecule has 13 heavy (non-hydrogen) atoms. The average Bonchev–Trinajstić information content (AvgIpc) is 2.28. The van der Waals surface area contributed by atoms with Crippen molar-refractivity contribution < 1.29 is 14.3 Å². The van der Waals surface area contributed by atoms with E-state index in [1.807, 2.05) is 19.1 Å². The van der Waals surface area contributed by atoms with E-state index in [0.29, 0.717) is 5.92 Å². The minimum atomic E-state index is -0.691. The number of rotatable bonds is 0. The van der Waals surface area contributed by atoms with Gasteiger partial charge >= 0.3 is 11.9 Å². The number of allylic oxidation sites excluding steroid dienone is 1. The van der Waals surface area contributed by atoms with Crippen LogP contribution in [-0.4, -0.2) is 11.9 Å². The number of carbonyl (C=O) groups is 2. The lowest BCUT2D eigenvalue weighted by molar-refractivity contribution is -0.154. The van der Waals surface area contributed by atoms with Crippen molar-refractivity contribution in [3.8, 4) is 0 Å². The second-order valence-electron chi connectivity index (χ2n) is 4.12. The maximum Gasteiger partial charge on any atom is 0.324 e. The fourth-order valence-electron chi connectivity index (χ4n) is 2.00. The first-order valence-corrected chi connectivity index (χ1v) is 4.49. The third kappa shape index (κ3) is 1.03. The molecule has 2 aliphatic rings. The summed E-state index contributed by atoms with van der Waals surface area (Å²) in [5.74, 6) is -0.661. The highest BCUT2D eigenvalue weighted by atomic mass is 16.6. The molecule has 3 unspecified atom stereocenters. The fourth-order valence-corrected chi connectivity index (χ4v) is 2.00. The quantitative estimate of drug-likeness (QED) is 0.320. The van der Waals surface area contributed by atoms with Gasteiger partial charge in [0.15, 0.2) is 0 Å². The molecule has 0 aromatic carbocycles. The summed E-state index contributed by atoms with van der Waals surface area (Å²) in [6.07, 6.45) is 4.52. The molecule has 1 fully saturated rings. The predicted octanol–water partition coefficient (Wildman–Crippen LogP) is 1.29. The Morgan fingerprint density at radius 3 is 2.92 bits per heavy atom. The first kappa shape index (κ1) is 8.48. The van der Waals surface area contributed by atoms with E-state index >= 15 is 0 Å². The molecule has 0 saturated carbocycles. The highest BCUT2D eigenvalue weighted by Crippen LogP contribution is 2.44. The van der Waals surface area contributed by atoms with Crippen LogP contribution in [0.5, 0.6) is 0 Å². The van der Waals surface area contributed by atoms with Gasteiger partial charge in [0.2, 0.25) is 0 Å². The van der Waals surface area contributed by atoms with Gasteiger partial charge in [0.1, 0.15) is 0 Å². The van der Waals surface area contributed by atoms with E-state index in [4.69, 9.17) is 0 Å². The topological polar surface area (TPSA) is 43.4 Å². The fraction of sp³-hybridized carbons (Fsp3) is 0.600. The second-order valence-corrected chi connectivity index (χ2v) is 4.12. The van der Waals surface area contributed by atoms with E-state index in [-0.39, 0.29) is 11.9 Å². The van der Waals surface area contributed by atoms with Gasteiger partial charge < -0.3 is 4.74 Å². The van der Waals surface area contributed by atoms with Crippen LogP contribution in [0.4, 0.5) is 0 Å². The molecular weight excluding hydrogens is 168 g/mol. The molecule has 1 saturated heterocycles. The molecule has 3 heteroatoms. The average molecular weight is 180 g/mol. The van der Waals surface area contributed by atoms with Crippen LogP contribution in [-0.2, 0) is 14.3 Å². The molecule has 0 bridgehead atoms. The summed E-state index contributed by atoms with van der Waals surface area (Å²) in [7, 11) is 0. The first-order chi connectivity index (χ1) is 6.04. The number of carbonyl (C=O) groups excluding carboxylic acids is 2. The Hall–Kier alpha value is -1.12. The van der Waals surface area contributed by atoms with E-state index in [1.54, 1.807) is 6.92 Å². The first-order valence-electron chi connectivity index (χ1n) is 4.49. The van der Waals surface area contributed by atoms with Gasteiger partial charge in [0.25, 0.3) is 0 Å². The number of esters is 2. The van der Waals surface area contributed by atoms with Crippen molar-refractivity contribution >= 4 is 11.9 Å². The molecule has 3 nitrogen and oxygen atoms in total. The lowest BCUT2D eigenvalue weighted by Crippen LogP contribution is -2.32. The van der Waals surface area contributed by atoms with Gasteiger partial charge in [-0.05, 0) is 19.3 Å². The van der Waals surface area contributed by atoms with Crippen molar-refractivity contribution in [3.05, 3.63) is 12.2 Å². The van der Waals surface area contributed by atoms with E-state index < -0.39 is 11.4 Å². The smallest absolute Gasteiger partial charge is 0.324 e. The SMILES string of the molecule is CC1C=CC2(C)C(=O)OC(=O)C2C1. The summed E-state index contributed by atoms with van der Waals surface area (Å²) in [6, 6.07) is 0. The Balaban J connectivity index is 2.42. The van der Waals surface area contributed by atoms with Crippen molar-refractivity contribution in [1.29, 1.82) is 0 Å². The minimum Gasteiger partial charge on any atom is -0.392 e. The van der Waals surface area contributed by atoms with Gasteiger partial charge in [0.05, 0.1) is 11.3 Å². The van der Waals surface area contributed by atoms with Crippen LogP contribution in [0.3, 0.4) is 0 Å². The van der Waals surface area contributed by atoms with E-state index in [0.717, 1.165) is 6.42 Å². The summed E-state index contributed by atoms with van der Waals surface area (Å²) >= 11 is 0. The summed E-state index contributed by atoms with van der Waals surface area (Å²) in [6.45, 7) is 3.80. The van der Waals surface area contributed by atoms with Crippen LogP contribution in [0.25, 0.3) is 0 Å². The van der Waals surface area contributed by atoms with Crippen LogP contribution in [0.15, 0.2) is 12.2 Å². The molecule has 0 amide bonds. The molecule has 2 rings (SSSR count). The molecule has 0 radical (unpaired) electrons. The molecule has 0 aromatic heterocycles. The molecule has 1 aliphatic carbocycles. The van der Waals surface area contributed by atoms with Gasteiger partial charge in [-0.1, -0.05) is 19.1 Å². The zero-order valence-electron chi connectivity index (χ0n) is 7.74. The van der Waals surface area contributed by atoms with Crippen molar-refractivity contribution in [1.82, 2.24) is 0 Å². The molecule has 3 atom stereocenters. The Kier molecular flexibility index (Phi) is 1.59. The van der Waals surface area contributed by atoms with Crippen LogP contribution >= 0.6 is 0 Å². The number of fused-ring (bicyclic) bond motifs is 1. The predicted molar refractivity (Wildman–Crippen MR) is 45.6 cm³/mol. The maximum atomic E-state index is 11.4. The molecule has 0 N–H and O–H groups in total. The van der Waals surface area contributed by atoms with Crippen LogP contribution in [0.1, 0.15) is 20.3 Å². The van der Waals surface area contributed by atoms with Gasteiger partial charge in [-0.15, -0.1) is 0 Å². The molecule has 70 valence electrons. The van der Waals surface area contributed by atoms with Crippen LogP contribution < -0.4 is 0 Å². The van der Waals surface area contributed by atoms with Gasteiger partial charge in [-0.25, -0.2) is 0 Å². The Morgan fingerprint density at radius 1 is 1.54 bits per heavy atom. The molecule has 1 heterocycles. The monoisotopic (exact) mass is 180 g/mol. The summed E-state index contributed by atoms with van der Waals surface area (Å²) in [5.41, 5.74) is -0.691. The Labute approximate surface area is 76.8 Å². The van der Waals surface area contributed by atoms with E-state index in [1.165, 1.54) is 0 Å². The lowest BCUT2D eigenvalue weighted by atomic mass is 9.70. The normalized spacial score (nSPS) is 43.2. The number of ether oxygens (including phenoxy) is 1. The van der Waals surface area contributed by atoms with Crippen molar-refractivity contribution in [2.75, 3.05) is 0 Å². The molecular formula is C10H12O3. The second kappa shape index (κ2) is 2.44. The van der Waals surface area contributed by atoms with Gasteiger partial charge in [-0.3, -0.25) is 9.59 Å². The van der Waals surface area contributed by atoms with Gasteiger partial charge in [-0.2, -0.15) is 0 Å². The van der Waals surface area contributed by atoms with Crippen LogP contribution in [0, 0.1) is 17.3 Å². The summed E-state index contributed by atoms with van der Waals surface area (Å²) in [4.78, 5) is 22.6. The number of hydrogen-bond donors (Lipinski definition) is 0. The van der Waals surface area contributed by atoms with Crippen molar-refractivity contribution in [2.45, 2.75) is 20.3 Å². The zero-order valence-corrected chi connectivity index (χ0v) is 7.74. The Bertz CT molecular complexity index is 305. The van der Waals surface area contributed by atoms with E-state index in [9.17, 15) is 9.59 Å².